The maximum Gasteiger partial charge on any atom is 0.220 e. The van der Waals surface area contributed by atoms with Gasteiger partial charge >= 0.3 is 0 Å². The number of aromatic nitrogens is 2. The Bertz CT molecular complexity index is 551. The molecule has 0 spiro atoms. The Balaban J connectivity index is 2.07. The van der Waals surface area contributed by atoms with Gasteiger partial charge in [-0.15, -0.1) is 11.3 Å². The Morgan fingerprint density at radius 1 is 1.47 bits per heavy atom. The molecule has 0 aliphatic carbocycles. The zero-order valence-electron chi connectivity index (χ0n) is 11.1. The van der Waals surface area contributed by atoms with Gasteiger partial charge in [-0.25, -0.2) is 4.98 Å². The first kappa shape index (κ1) is 13.7. The van der Waals surface area contributed by atoms with E-state index in [1.54, 1.807) is 23.7 Å². The van der Waals surface area contributed by atoms with Gasteiger partial charge in [0.05, 0.1) is 12.2 Å². The molecule has 100 valence electrons. The van der Waals surface area contributed by atoms with Crippen LogP contribution in [-0.4, -0.2) is 15.9 Å². The predicted molar refractivity (Wildman–Crippen MR) is 76.8 cm³/mol. The number of pyridine rings is 1. The Morgan fingerprint density at radius 3 is 3.00 bits per heavy atom. The standard InChI is InChI=1S/C14H17N3OS/c1-3-5-13(18)16-9-12-10(2)17-14(19-12)11-6-4-7-15-8-11/h4,6-8H,3,5,9H2,1-2H3,(H,16,18). The zero-order valence-corrected chi connectivity index (χ0v) is 12.0. The first-order valence-electron chi connectivity index (χ1n) is 6.34. The molecule has 2 rings (SSSR count). The third-order valence-corrected chi connectivity index (χ3v) is 3.93. The predicted octanol–water partition coefficient (Wildman–Crippen LogP) is 2.93. The number of thiazole rings is 1. The molecule has 4 nitrogen and oxygen atoms in total. The maximum atomic E-state index is 11.5. The van der Waals surface area contributed by atoms with Gasteiger partial charge in [-0.05, 0) is 25.5 Å². The number of hydrogen-bond donors (Lipinski definition) is 1. The van der Waals surface area contributed by atoms with Crippen molar-refractivity contribution in [3.8, 4) is 10.6 Å². The first-order valence-corrected chi connectivity index (χ1v) is 7.15. The van der Waals surface area contributed by atoms with Crippen molar-refractivity contribution in [2.45, 2.75) is 33.2 Å². The summed E-state index contributed by atoms with van der Waals surface area (Å²) < 4.78 is 0. The van der Waals surface area contributed by atoms with E-state index in [-0.39, 0.29) is 5.91 Å². The average molecular weight is 275 g/mol. The molecular formula is C14H17N3OS. The summed E-state index contributed by atoms with van der Waals surface area (Å²) in [6.45, 7) is 4.53. The van der Waals surface area contributed by atoms with Gasteiger partial charge in [-0.3, -0.25) is 9.78 Å². The Kier molecular flexibility index (Phi) is 4.63. The van der Waals surface area contributed by atoms with Gasteiger partial charge in [0.15, 0.2) is 0 Å². The summed E-state index contributed by atoms with van der Waals surface area (Å²) in [7, 11) is 0. The molecule has 0 saturated heterocycles. The Labute approximate surface area is 116 Å². The Hall–Kier alpha value is -1.75. The second-order valence-corrected chi connectivity index (χ2v) is 5.38. The second kappa shape index (κ2) is 6.43. The summed E-state index contributed by atoms with van der Waals surface area (Å²) in [4.78, 5) is 21.2. The number of nitrogens with one attached hydrogen (secondary N) is 1. The van der Waals surface area contributed by atoms with Crippen LogP contribution in [0.3, 0.4) is 0 Å². The molecule has 2 heterocycles. The Morgan fingerprint density at radius 2 is 2.32 bits per heavy atom. The van der Waals surface area contributed by atoms with Crippen molar-refractivity contribution in [3.63, 3.8) is 0 Å². The third-order valence-electron chi connectivity index (χ3n) is 2.72. The van der Waals surface area contributed by atoms with E-state index >= 15 is 0 Å². The van der Waals surface area contributed by atoms with Crippen LogP contribution in [0, 0.1) is 6.92 Å². The molecule has 0 radical (unpaired) electrons. The molecule has 0 aliphatic heterocycles. The number of carbonyl (C=O) groups is 1. The minimum absolute atomic E-state index is 0.0956. The van der Waals surface area contributed by atoms with Crippen molar-refractivity contribution < 1.29 is 4.79 Å². The highest BCUT2D eigenvalue weighted by molar-refractivity contribution is 7.15. The van der Waals surface area contributed by atoms with Crippen LogP contribution in [0.25, 0.3) is 10.6 Å². The molecule has 1 N–H and O–H groups in total. The quantitative estimate of drug-likeness (QED) is 0.912. The number of carbonyl (C=O) groups excluding carboxylic acids is 1. The van der Waals surface area contributed by atoms with Crippen molar-refractivity contribution in [2.24, 2.45) is 0 Å². The highest BCUT2D eigenvalue weighted by Gasteiger charge is 2.10. The van der Waals surface area contributed by atoms with E-state index in [1.165, 1.54) is 0 Å². The van der Waals surface area contributed by atoms with E-state index in [4.69, 9.17) is 0 Å². The summed E-state index contributed by atoms with van der Waals surface area (Å²) in [6.07, 6.45) is 5.00. The van der Waals surface area contributed by atoms with Gasteiger partial charge in [0.2, 0.25) is 5.91 Å². The smallest absolute Gasteiger partial charge is 0.220 e. The lowest BCUT2D eigenvalue weighted by Crippen LogP contribution is -2.21. The number of nitrogens with zero attached hydrogens (tertiary/aromatic N) is 2. The van der Waals surface area contributed by atoms with Gasteiger partial charge in [0.1, 0.15) is 5.01 Å². The summed E-state index contributed by atoms with van der Waals surface area (Å²) in [5, 5.41) is 3.87. The molecule has 0 bridgehead atoms. The van der Waals surface area contributed by atoms with Crippen LogP contribution in [0.4, 0.5) is 0 Å². The maximum absolute atomic E-state index is 11.5. The van der Waals surface area contributed by atoms with Crippen molar-refractivity contribution >= 4 is 17.2 Å². The molecule has 19 heavy (non-hydrogen) atoms. The molecular weight excluding hydrogens is 258 g/mol. The van der Waals surface area contributed by atoms with Gasteiger partial charge in [-0.2, -0.15) is 0 Å². The lowest BCUT2D eigenvalue weighted by molar-refractivity contribution is -0.121. The third kappa shape index (κ3) is 3.61. The molecule has 0 fully saturated rings. The summed E-state index contributed by atoms with van der Waals surface area (Å²) in [5.74, 6) is 0.0956. The largest absolute Gasteiger partial charge is 0.351 e. The molecule has 5 heteroatoms. The van der Waals surface area contributed by atoms with Crippen LogP contribution in [0.2, 0.25) is 0 Å². The second-order valence-electron chi connectivity index (χ2n) is 4.30. The van der Waals surface area contributed by atoms with Crippen molar-refractivity contribution in [1.29, 1.82) is 0 Å². The molecule has 0 atom stereocenters. The van der Waals surface area contributed by atoms with E-state index < -0.39 is 0 Å². The normalized spacial score (nSPS) is 10.4. The van der Waals surface area contributed by atoms with Crippen LogP contribution in [-0.2, 0) is 11.3 Å². The van der Waals surface area contributed by atoms with Crippen molar-refractivity contribution in [2.75, 3.05) is 0 Å². The van der Waals surface area contributed by atoms with E-state index in [2.05, 4.69) is 15.3 Å². The van der Waals surface area contributed by atoms with E-state index in [1.807, 2.05) is 26.0 Å². The highest BCUT2D eigenvalue weighted by Crippen LogP contribution is 2.27. The number of aryl methyl sites for hydroxylation is 1. The van der Waals surface area contributed by atoms with E-state index in [0.29, 0.717) is 13.0 Å². The highest BCUT2D eigenvalue weighted by atomic mass is 32.1. The van der Waals surface area contributed by atoms with Crippen LogP contribution < -0.4 is 5.32 Å². The zero-order chi connectivity index (χ0) is 13.7. The van der Waals surface area contributed by atoms with Crippen molar-refractivity contribution in [3.05, 3.63) is 35.1 Å². The van der Waals surface area contributed by atoms with Gasteiger partial charge < -0.3 is 5.32 Å². The number of amides is 1. The fraction of sp³-hybridized carbons (Fsp3) is 0.357. The lowest BCUT2D eigenvalue weighted by atomic mass is 10.3. The van der Waals surface area contributed by atoms with Gasteiger partial charge in [-0.1, -0.05) is 6.92 Å². The van der Waals surface area contributed by atoms with Crippen LogP contribution in [0.5, 0.6) is 0 Å². The molecule has 0 unspecified atom stereocenters. The summed E-state index contributed by atoms with van der Waals surface area (Å²) in [5.41, 5.74) is 1.99. The fourth-order valence-corrected chi connectivity index (χ4v) is 2.69. The molecule has 0 aromatic carbocycles. The molecule has 0 saturated carbocycles. The summed E-state index contributed by atoms with van der Waals surface area (Å²) in [6, 6.07) is 3.89. The molecule has 2 aromatic rings. The molecule has 2 aromatic heterocycles. The van der Waals surface area contributed by atoms with E-state index in [0.717, 1.165) is 27.6 Å². The van der Waals surface area contributed by atoms with Gasteiger partial charge in [0.25, 0.3) is 0 Å². The first-order chi connectivity index (χ1) is 9.20. The minimum atomic E-state index is 0.0956. The summed E-state index contributed by atoms with van der Waals surface area (Å²) >= 11 is 1.61. The lowest BCUT2D eigenvalue weighted by Gasteiger charge is -2.02. The van der Waals surface area contributed by atoms with Gasteiger partial charge in [0, 0.05) is 29.3 Å². The average Bonchev–Trinajstić information content (AvgIpc) is 2.79. The number of rotatable bonds is 5. The number of hydrogen-bond acceptors (Lipinski definition) is 4. The minimum Gasteiger partial charge on any atom is -0.351 e. The SMILES string of the molecule is CCCC(=O)NCc1sc(-c2cccnc2)nc1C. The van der Waals surface area contributed by atoms with Crippen LogP contribution in [0.1, 0.15) is 30.3 Å². The van der Waals surface area contributed by atoms with E-state index in [9.17, 15) is 4.79 Å². The van der Waals surface area contributed by atoms with Crippen molar-refractivity contribution in [1.82, 2.24) is 15.3 Å². The fourth-order valence-electron chi connectivity index (χ4n) is 1.70. The van der Waals surface area contributed by atoms with Crippen LogP contribution >= 0.6 is 11.3 Å². The molecule has 0 aliphatic rings. The topological polar surface area (TPSA) is 54.9 Å². The monoisotopic (exact) mass is 275 g/mol. The molecule has 1 amide bonds. The van der Waals surface area contributed by atoms with Crippen LogP contribution in [0.15, 0.2) is 24.5 Å².